The van der Waals surface area contributed by atoms with Crippen LogP contribution in [0.25, 0.3) is 0 Å². The number of hydrogen-bond donors (Lipinski definition) is 1. The summed E-state index contributed by atoms with van der Waals surface area (Å²) in [6, 6.07) is 4.70. The van der Waals surface area contributed by atoms with Crippen LogP contribution in [-0.2, 0) is 17.2 Å². The highest BCUT2D eigenvalue weighted by Crippen LogP contribution is 2.33. The molecular weight excluding hydrogens is 250 g/mol. The van der Waals surface area contributed by atoms with Crippen LogP contribution in [0, 0.1) is 0 Å². The molecule has 19 heavy (non-hydrogen) atoms. The third-order valence-electron chi connectivity index (χ3n) is 3.39. The molecule has 1 aromatic rings. The Labute approximate surface area is 112 Å². The van der Waals surface area contributed by atoms with Crippen molar-refractivity contribution in [1.82, 2.24) is 4.90 Å². The minimum Gasteiger partial charge on any atom is -0.399 e. The first kappa shape index (κ1) is 14.2. The molecule has 0 unspecified atom stereocenters. The second-order valence-corrected chi connectivity index (χ2v) is 4.91. The SMILES string of the molecule is CCC(F)(F)c1cc(N)cc(CN2CCOCC2)c1. The largest absolute Gasteiger partial charge is 0.399 e. The van der Waals surface area contributed by atoms with Gasteiger partial charge in [0.15, 0.2) is 0 Å². The molecule has 0 aliphatic carbocycles. The van der Waals surface area contributed by atoms with Crippen molar-refractivity contribution in [3.05, 3.63) is 29.3 Å². The van der Waals surface area contributed by atoms with Crippen LogP contribution in [0.3, 0.4) is 0 Å². The van der Waals surface area contributed by atoms with Crippen molar-refractivity contribution < 1.29 is 13.5 Å². The maximum atomic E-state index is 13.7. The van der Waals surface area contributed by atoms with E-state index in [1.54, 1.807) is 12.1 Å². The van der Waals surface area contributed by atoms with E-state index in [2.05, 4.69) is 4.90 Å². The molecule has 1 aliphatic rings. The molecule has 5 heteroatoms. The molecular formula is C14H20F2N2O. The molecule has 1 saturated heterocycles. The van der Waals surface area contributed by atoms with Gasteiger partial charge in [0.05, 0.1) is 13.2 Å². The van der Waals surface area contributed by atoms with Crippen LogP contribution in [0.4, 0.5) is 14.5 Å². The minimum atomic E-state index is -2.81. The van der Waals surface area contributed by atoms with Crippen molar-refractivity contribution >= 4 is 5.69 Å². The van der Waals surface area contributed by atoms with Gasteiger partial charge in [-0.2, -0.15) is 0 Å². The van der Waals surface area contributed by atoms with Crippen LogP contribution in [-0.4, -0.2) is 31.2 Å². The first-order chi connectivity index (χ1) is 9.01. The van der Waals surface area contributed by atoms with Crippen LogP contribution in [0.2, 0.25) is 0 Å². The fourth-order valence-corrected chi connectivity index (χ4v) is 2.24. The highest BCUT2D eigenvalue weighted by Gasteiger charge is 2.29. The number of nitrogens with zero attached hydrogens (tertiary/aromatic N) is 1. The molecule has 0 aromatic heterocycles. The number of nitrogen functional groups attached to an aromatic ring is 1. The maximum Gasteiger partial charge on any atom is 0.273 e. The highest BCUT2D eigenvalue weighted by molar-refractivity contribution is 5.46. The molecule has 106 valence electrons. The second kappa shape index (κ2) is 5.84. The molecule has 1 fully saturated rings. The van der Waals surface area contributed by atoms with E-state index in [1.807, 2.05) is 0 Å². The number of ether oxygens (including phenoxy) is 1. The van der Waals surface area contributed by atoms with E-state index >= 15 is 0 Å². The van der Waals surface area contributed by atoms with Gasteiger partial charge in [-0.05, 0) is 23.8 Å². The Morgan fingerprint density at radius 3 is 2.58 bits per heavy atom. The lowest BCUT2D eigenvalue weighted by molar-refractivity contribution is -0.00846. The Bertz CT molecular complexity index is 431. The molecule has 1 aromatic carbocycles. The quantitative estimate of drug-likeness (QED) is 0.855. The van der Waals surface area contributed by atoms with E-state index < -0.39 is 5.92 Å². The second-order valence-electron chi connectivity index (χ2n) is 4.91. The first-order valence-corrected chi connectivity index (χ1v) is 6.59. The monoisotopic (exact) mass is 270 g/mol. The number of morpholine rings is 1. The van der Waals surface area contributed by atoms with Crippen molar-refractivity contribution in [2.24, 2.45) is 0 Å². The summed E-state index contributed by atoms with van der Waals surface area (Å²) in [5, 5.41) is 0. The van der Waals surface area contributed by atoms with Gasteiger partial charge < -0.3 is 10.5 Å². The fraction of sp³-hybridized carbons (Fsp3) is 0.571. The summed E-state index contributed by atoms with van der Waals surface area (Å²) < 4.78 is 32.7. The number of anilines is 1. The van der Waals surface area contributed by atoms with Gasteiger partial charge in [0, 0.05) is 37.3 Å². The van der Waals surface area contributed by atoms with Gasteiger partial charge >= 0.3 is 0 Å². The predicted octanol–water partition coefficient (Wildman–Crippen LogP) is 2.60. The number of halogens is 2. The van der Waals surface area contributed by atoms with E-state index in [1.165, 1.54) is 13.0 Å². The standard InChI is InChI=1S/C14H20F2N2O/c1-2-14(15,16)12-7-11(8-13(17)9-12)10-18-3-5-19-6-4-18/h7-9H,2-6,10,17H2,1H3. The topological polar surface area (TPSA) is 38.5 Å². The average Bonchev–Trinajstić information content (AvgIpc) is 2.39. The Balaban J connectivity index is 2.16. The lowest BCUT2D eigenvalue weighted by Gasteiger charge is -2.27. The molecule has 1 aliphatic heterocycles. The zero-order chi connectivity index (χ0) is 13.9. The van der Waals surface area contributed by atoms with Crippen LogP contribution in [0.15, 0.2) is 18.2 Å². The van der Waals surface area contributed by atoms with E-state index in [0.29, 0.717) is 25.4 Å². The van der Waals surface area contributed by atoms with Crippen LogP contribution < -0.4 is 5.73 Å². The lowest BCUT2D eigenvalue weighted by atomic mass is 10.0. The third-order valence-corrected chi connectivity index (χ3v) is 3.39. The molecule has 0 bridgehead atoms. The zero-order valence-electron chi connectivity index (χ0n) is 11.2. The van der Waals surface area contributed by atoms with E-state index in [9.17, 15) is 8.78 Å². The fourth-order valence-electron chi connectivity index (χ4n) is 2.24. The summed E-state index contributed by atoms with van der Waals surface area (Å²) in [4.78, 5) is 2.19. The van der Waals surface area contributed by atoms with Crippen LogP contribution in [0.5, 0.6) is 0 Å². The number of nitrogens with two attached hydrogens (primary N) is 1. The Hall–Kier alpha value is -1.20. The third kappa shape index (κ3) is 3.64. The summed E-state index contributed by atoms with van der Waals surface area (Å²) in [5.74, 6) is -2.81. The number of hydrogen-bond acceptors (Lipinski definition) is 3. The normalized spacial score (nSPS) is 17.6. The Morgan fingerprint density at radius 2 is 1.95 bits per heavy atom. The van der Waals surface area contributed by atoms with Crippen molar-refractivity contribution in [3.63, 3.8) is 0 Å². The predicted molar refractivity (Wildman–Crippen MR) is 71.1 cm³/mol. The average molecular weight is 270 g/mol. The van der Waals surface area contributed by atoms with Crippen molar-refractivity contribution in [1.29, 1.82) is 0 Å². The van der Waals surface area contributed by atoms with E-state index in [-0.39, 0.29) is 12.0 Å². The van der Waals surface area contributed by atoms with Crippen molar-refractivity contribution in [3.8, 4) is 0 Å². The number of rotatable bonds is 4. The molecule has 0 atom stereocenters. The highest BCUT2D eigenvalue weighted by atomic mass is 19.3. The van der Waals surface area contributed by atoms with Crippen molar-refractivity contribution in [2.75, 3.05) is 32.0 Å². The van der Waals surface area contributed by atoms with Gasteiger partial charge in [-0.1, -0.05) is 6.92 Å². The minimum absolute atomic E-state index is 0.0123. The maximum absolute atomic E-state index is 13.7. The molecule has 0 radical (unpaired) electrons. The first-order valence-electron chi connectivity index (χ1n) is 6.59. The van der Waals surface area contributed by atoms with E-state index in [4.69, 9.17) is 10.5 Å². The number of alkyl halides is 2. The van der Waals surface area contributed by atoms with Crippen LogP contribution in [0.1, 0.15) is 24.5 Å². The summed E-state index contributed by atoms with van der Waals surface area (Å²) in [6.07, 6.45) is -0.215. The summed E-state index contributed by atoms with van der Waals surface area (Å²) >= 11 is 0. The summed E-state index contributed by atoms with van der Waals surface area (Å²) in [7, 11) is 0. The van der Waals surface area contributed by atoms with Gasteiger partial charge in [-0.15, -0.1) is 0 Å². The van der Waals surface area contributed by atoms with Gasteiger partial charge in [0.1, 0.15) is 0 Å². The van der Waals surface area contributed by atoms with E-state index in [0.717, 1.165) is 18.7 Å². The molecule has 2 rings (SSSR count). The van der Waals surface area contributed by atoms with Gasteiger partial charge in [-0.25, -0.2) is 8.78 Å². The summed E-state index contributed by atoms with van der Waals surface area (Å²) in [6.45, 7) is 5.16. The zero-order valence-corrected chi connectivity index (χ0v) is 11.2. The van der Waals surface area contributed by atoms with Gasteiger partial charge in [-0.3, -0.25) is 4.90 Å². The molecule has 2 N–H and O–H groups in total. The molecule has 0 spiro atoms. The Morgan fingerprint density at radius 1 is 1.26 bits per heavy atom. The smallest absolute Gasteiger partial charge is 0.273 e. The molecule has 1 heterocycles. The summed E-state index contributed by atoms with van der Waals surface area (Å²) in [5.41, 5.74) is 6.99. The molecule has 0 amide bonds. The van der Waals surface area contributed by atoms with Gasteiger partial charge in [0.25, 0.3) is 5.92 Å². The van der Waals surface area contributed by atoms with Crippen molar-refractivity contribution in [2.45, 2.75) is 25.8 Å². The molecule has 3 nitrogen and oxygen atoms in total. The lowest BCUT2D eigenvalue weighted by Crippen LogP contribution is -2.35. The van der Waals surface area contributed by atoms with Gasteiger partial charge in [0.2, 0.25) is 0 Å². The Kier molecular flexibility index (Phi) is 4.37. The molecule has 0 saturated carbocycles. The van der Waals surface area contributed by atoms with Crippen LogP contribution >= 0.6 is 0 Å². The number of benzene rings is 1.